The smallest absolute Gasteiger partial charge is 0.262 e. The summed E-state index contributed by atoms with van der Waals surface area (Å²) < 4.78 is 12.3. The van der Waals surface area contributed by atoms with Crippen LogP contribution in [-0.2, 0) is 5.79 Å². The number of allylic oxidation sites excluding steroid dienone is 1. The molecule has 2 N–H and O–H groups in total. The molecule has 0 saturated carbocycles. The average Bonchev–Trinajstić information content (AvgIpc) is 3.38. The monoisotopic (exact) mass is 457 g/mol. The molecule has 0 aliphatic carbocycles. The summed E-state index contributed by atoms with van der Waals surface area (Å²) in [4.78, 5) is 2.46. The van der Waals surface area contributed by atoms with Crippen molar-refractivity contribution in [1.82, 2.24) is 4.90 Å². The van der Waals surface area contributed by atoms with Crippen LogP contribution in [0, 0.1) is 0 Å². The zero-order valence-corrected chi connectivity index (χ0v) is 19.7. The highest BCUT2D eigenvalue weighted by Gasteiger charge is 2.42. The standard InChI is InChI=1S/C29H31NO4/c1-20(30-16-5-6-17-30)19-33-25-14-12-23(13-15-25)29(32)28(22-8-7-9-24(31)18-22)21(2)26-10-3-4-11-27(26)34-29/h3-4,7-15,18,20,31-32H,5-6,16-17,19H2,1-2H3/t20-,29?/m0/s1. The predicted molar refractivity (Wildman–Crippen MR) is 134 cm³/mol. The maximum Gasteiger partial charge on any atom is 0.262 e. The van der Waals surface area contributed by atoms with Crippen LogP contribution in [0.5, 0.6) is 17.2 Å². The number of nitrogens with zero attached hydrogens (tertiary/aromatic N) is 1. The number of phenolic OH excluding ortho intramolecular Hbond substituents is 1. The molecule has 5 rings (SSSR count). The second-order valence-corrected chi connectivity index (χ2v) is 9.22. The molecule has 176 valence electrons. The van der Waals surface area contributed by atoms with Crippen molar-refractivity contribution >= 4 is 11.1 Å². The summed E-state index contributed by atoms with van der Waals surface area (Å²) >= 11 is 0. The molecule has 2 aliphatic heterocycles. The van der Waals surface area contributed by atoms with Crippen molar-refractivity contribution in [2.45, 2.75) is 38.5 Å². The number of hydrogen-bond acceptors (Lipinski definition) is 5. The number of aliphatic hydroxyl groups is 1. The van der Waals surface area contributed by atoms with Gasteiger partial charge in [0.05, 0.1) is 0 Å². The number of rotatable bonds is 6. The van der Waals surface area contributed by atoms with Crippen LogP contribution < -0.4 is 9.47 Å². The first kappa shape index (κ1) is 22.5. The second-order valence-electron chi connectivity index (χ2n) is 9.22. The molecule has 3 aromatic rings. The summed E-state index contributed by atoms with van der Waals surface area (Å²) in [7, 11) is 0. The summed E-state index contributed by atoms with van der Waals surface area (Å²) in [6, 6.07) is 22.4. The Kier molecular flexibility index (Phi) is 6.07. The van der Waals surface area contributed by atoms with Gasteiger partial charge in [-0.15, -0.1) is 0 Å². The number of benzene rings is 3. The molecule has 2 aliphatic rings. The predicted octanol–water partition coefficient (Wildman–Crippen LogP) is 5.42. The number of aromatic hydroxyl groups is 1. The third-order valence-electron chi connectivity index (χ3n) is 6.90. The van der Waals surface area contributed by atoms with E-state index in [2.05, 4.69) is 11.8 Å². The van der Waals surface area contributed by atoms with Gasteiger partial charge in [0, 0.05) is 22.7 Å². The number of phenols is 1. The minimum absolute atomic E-state index is 0.134. The van der Waals surface area contributed by atoms with Gasteiger partial charge in [-0.2, -0.15) is 0 Å². The van der Waals surface area contributed by atoms with Gasteiger partial charge in [0.15, 0.2) is 0 Å². The number of ether oxygens (including phenoxy) is 2. The zero-order valence-electron chi connectivity index (χ0n) is 19.7. The molecule has 2 heterocycles. The molecule has 0 bridgehead atoms. The van der Waals surface area contributed by atoms with Crippen molar-refractivity contribution in [3.05, 3.63) is 89.5 Å². The molecule has 34 heavy (non-hydrogen) atoms. The summed E-state index contributed by atoms with van der Waals surface area (Å²) in [5.41, 5.74) is 3.73. The SMILES string of the molecule is CC1=C(c2cccc(O)c2)C(O)(c2ccc(OC[C@H](C)N3CCCC3)cc2)Oc2ccccc21. The van der Waals surface area contributed by atoms with Gasteiger partial charge in [-0.3, -0.25) is 4.90 Å². The van der Waals surface area contributed by atoms with E-state index in [0.717, 1.165) is 30.0 Å². The summed E-state index contributed by atoms with van der Waals surface area (Å²) in [5.74, 6) is -0.205. The first-order chi connectivity index (χ1) is 16.5. The van der Waals surface area contributed by atoms with Gasteiger partial charge in [0.1, 0.15) is 23.9 Å². The van der Waals surface area contributed by atoms with Crippen LogP contribution in [0.4, 0.5) is 0 Å². The highest BCUT2D eigenvalue weighted by Crippen LogP contribution is 2.49. The van der Waals surface area contributed by atoms with Crippen LogP contribution in [-0.4, -0.2) is 40.9 Å². The zero-order chi connectivity index (χ0) is 23.7. The number of para-hydroxylation sites is 1. The first-order valence-corrected chi connectivity index (χ1v) is 11.9. The van der Waals surface area contributed by atoms with Crippen molar-refractivity contribution in [1.29, 1.82) is 0 Å². The number of hydrogen-bond donors (Lipinski definition) is 2. The largest absolute Gasteiger partial charge is 0.508 e. The van der Waals surface area contributed by atoms with Gasteiger partial charge in [-0.1, -0.05) is 30.3 Å². The maximum atomic E-state index is 12.0. The van der Waals surface area contributed by atoms with E-state index in [0.29, 0.717) is 35.1 Å². The van der Waals surface area contributed by atoms with E-state index in [1.807, 2.05) is 61.5 Å². The minimum atomic E-state index is -1.71. The Morgan fingerprint density at radius 1 is 1.00 bits per heavy atom. The van der Waals surface area contributed by atoms with Crippen LogP contribution in [0.15, 0.2) is 72.8 Å². The lowest BCUT2D eigenvalue weighted by molar-refractivity contribution is -0.0929. The fourth-order valence-electron chi connectivity index (χ4n) is 5.02. The van der Waals surface area contributed by atoms with Gasteiger partial charge in [0.25, 0.3) is 5.79 Å². The molecular formula is C29H31NO4. The third kappa shape index (κ3) is 4.17. The van der Waals surface area contributed by atoms with E-state index in [4.69, 9.17) is 9.47 Å². The lowest BCUT2D eigenvalue weighted by Crippen LogP contribution is -2.37. The molecule has 0 amide bonds. The van der Waals surface area contributed by atoms with E-state index in [-0.39, 0.29) is 5.75 Å². The van der Waals surface area contributed by atoms with E-state index in [1.165, 1.54) is 12.8 Å². The van der Waals surface area contributed by atoms with E-state index >= 15 is 0 Å². The number of fused-ring (bicyclic) bond motifs is 1. The summed E-state index contributed by atoms with van der Waals surface area (Å²) in [6.07, 6.45) is 2.52. The Hall–Kier alpha value is -3.28. The molecule has 0 spiro atoms. The molecular weight excluding hydrogens is 426 g/mol. The van der Waals surface area contributed by atoms with Crippen LogP contribution in [0.1, 0.15) is 43.4 Å². The molecule has 0 radical (unpaired) electrons. The number of likely N-dealkylation sites (tertiary alicyclic amines) is 1. The van der Waals surface area contributed by atoms with Crippen molar-refractivity contribution < 1.29 is 19.7 Å². The van der Waals surface area contributed by atoms with Gasteiger partial charge in [-0.25, -0.2) is 0 Å². The Balaban J connectivity index is 1.47. The van der Waals surface area contributed by atoms with Crippen LogP contribution in [0.25, 0.3) is 11.1 Å². The highest BCUT2D eigenvalue weighted by molar-refractivity contribution is 5.96. The quantitative estimate of drug-likeness (QED) is 0.517. The highest BCUT2D eigenvalue weighted by atomic mass is 16.6. The summed E-state index contributed by atoms with van der Waals surface area (Å²) in [6.45, 7) is 7.08. The van der Waals surface area contributed by atoms with E-state index in [9.17, 15) is 10.2 Å². The van der Waals surface area contributed by atoms with Gasteiger partial charge < -0.3 is 19.7 Å². The maximum absolute atomic E-state index is 12.0. The Bertz CT molecular complexity index is 1200. The molecule has 5 nitrogen and oxygen atoms in total. The lowest BCUT2D eigenvalue weighted by atomic mass is 9.83. The van der Waals surface area contributed by atoms with Gasteiger partial charge >= 0.3 is 0 Å². The fourth-order valence-corrected chi connectivity index (χ4v) is 5.02. The van der Waals surface area contributed by atoms with Crippen LogP contribution in [0.2, 0.25) is 0 Å². The molecule has 1 fully saturated rings. The van der Waals surface area contributed by atoms with Crippen LogP contribution >= 0.6 is 0 Å². The second kappa shape index (κ2) is 9.16. The van der Waals surface area contributed by atoms with Crippen LogP contribution in [0.3, 0.4) is 0 Å². The third-order valence-corrected chi connectivity index (χ3v) is 6.90. The van der Waals surface area contributed by atoms with Crippen molar-refractivity contribution in [3.63, 3.8) is 0 Å². The first-order valence-electron chi connectivity index (χ1n) is 11.9. The molecule has 3 aromatic carbocycles. The molecule has 0 aromatic heterocycles. The molecule has 1 saturated heterocycles. The van der Waals surface area contributed by atoms with Crippen molar-refractivity contribution in [3.8, 4) is 17.2 Å². The Labute approximate surface area is 200 Å². The molecule has 5 heteroatoms. The Morgan fingerprint density at radius 3 is 2.47 bits per heavy atom. The van der Waals surface area contributed by atoms with Gasteiger partial charge in [0.2, 0.25) is 0 Å². The summed E-state index contributed by atoms with van der Waals surface area (Å²) in [5, 5.41) is 22.1. The van der Waals surface area contributed by atoms with Gasteiger partial charge in [-0.05, 0) is 93.4 Å². The van der Waals surface area contributed by atoms with Crippen molar-refractivity contribution in [2.75, 3.05) is 19.7 Å². The van der Waals surface area contributed by atoms with E-state index < -0.39 is 5.79 Å². The lowest BCUT2D eigenvalue weighted by Gasteiger charge is -2.38. The van der Waals surface area contributed by atoms with Crippen molar-refractivity contribution in [2.24, 2.45) is 0 Å². The average molecular weight is 458 g/mol. The fraction of sp³-hybridized carbons (Fsp3) is 0.310. The minimum Gasteiger partial charge on any atom is -0.508 e. The normalized spacial score (nSPS) is 21.1. The molecule has 2 atom stereocenters. The Morgan fingerprint density at radius 2 is 1.74 bits per heavy atom. The van der Waals surface area contributed by atoms with E-state index in [1.54, 1.807) is 18.2 Å². The topological polar surface area (TPSA) is 62.2 Å². The molecule has 1 unspecified atom stereocenters.